The van der Waals surface area contributed by atoms with E-state index in [1.807, 2.05) is 14.0 Å². The first-order valence-corrected chi connectivity index (χ1v) is 5.40. The van der Waals surface area contributed by atoms with E-state index in [1.54, 1.807) is 4.90 Å². The molecule has 0 spiro atoms. The molecule has 0 unspecified atom stereocenters. The number of hydrogen-bond acceptors (Lipinski definition) is 2. The van der Waals surface area contributed by atoms with Crippen LogP contribution in [0.2, 0.25) is 0 Å². The van der Waals surface area contributed by atoms with E-state index in [4.69, 9.17) is 5.73 Å². The fourth-order valence-corrected chi connectivity index (χ4v) is 1.69. The molecule has 1 saturated carbocycles. The molecule has 0 heterocycles. The van der Waals surface area contributed by atoms with Gasteiger partial charge >= 0.3 is 6.03 Å². The first-order valence-electron chi connectivity index (χ1n) is 5.40. The number of nitrogens with zero attached hydrogens (tertiary/aromatic N) is 1. The Balaban J connectivity index is 2.27. The predicted octanol–water partition coefficient (Wildman–Crippen LogP) is 0.918. The van der Waals surface area contributed by atoms with E-state index >= 15 is 0 Å². The monoisotopic (exact) mass is 199 g/mol. The van der Waals surface area contributed by atoms with Crippen molar-refractivity contribution in [3.8, 4) is 0 Å². The molecule has 0 aromatic carbocycles. The number of urea groups is 1. The van der Waals surface area contributed by atoms with Crippen molar-refractivity contribution in [2.24, 2.45) is 5.73 Å². The highest BCUT2D eigenvalue weighted by Gasteiger charge is 2.20. The molecular weight excluding hydrogens is 178 g/mol. The maximum Gasteiger partial charge on any atom is 0.317 e. The minimum absolute atomic E-state index is 0.0352. The average molecular weight is 199 g/mol. The first-order chi connectivity index (χ1) is 6.63. The topological polar surface area (TPSA) is 58.4 Å². The van der Waals surface area contributed by atoms with Gasteiger partial charge in [-0.25, -0.2) is 4.79 Å². The van der Waals surface area contributed by atoms with Crippen LogP contribution in [0.5, 0.6) is 0 Å². The summed E-state index contributed by atoms with van der Waals surface area (Å²) in [5.74, 6) is 0. The van der Waals surface area contributed by atoms with Gasteiger partial charge in [-0.1, -0.05) is 0 Å². The lowest BCUT2D eigenvalue weighted by atomic mass is 9.92. The van der Waals surface area contributed by atoms with Crippen LogP contribution in [-0.2, 0) is 0 Å². The molecule has 0 aliphatic heterocycles. The number of carbonyl (C=O) groups excluding carboxylic acids is 1. The number of hydrogen-bond donors (Lipinski definition) is 2. The molecule has 2 amide bonds. The van der Waals surface area contributed by atoms with Gasteiger partial charge in [-0.3, -0.25) is 0 Å². The van der Waals surface area contributed by atoms with E-state index < -0.39 is 0 Å². The quantitative estimate of drug-likeness (QED) is 0.694. The van der Waals surface area contributed by atoms with Crippen molar-refractivity contribution in [2.75, 3.05) is 13.6 Å². The highest BCUT2D eigenvalue weighted by Crippen LogP contribution is 2.16. The summed E-state index contributed by atoms with van der Waals surface area (Å²) in [5, 5.41) is 3.02. The van der Waals surface area contributed by atoms with Gasteiger partial charge in [0.1, 0.15) is 0 Å². The van der Waals surface area contributed by atoms with Gasteiger partial charge in [0.2, 0.25) is 0 Å². The molecule has 0 radical (unpaired) electrons. The van der Waals surface area contributed by atoms with Gasteiger partial charge in [-0.15, -0.1) is 0 Å². The van der Waals surface area contributed by atoms with Gasteiger partial charge in [0.05, 0.1) is 0 Å². The third-order valence-electron chi connectivity index (χ3n) is 2.92. The Morgan fingerprint density at radius 1 is 1.43 bits per heavy atom. The summed E-state index contributed by atoms with van der Waals surface area (Å²) >= 11 is 0. The van der Waals surface area contributed by atoms with E-state index in [-0.39, 0.29) is 6.03 Å². The highest BCUT2D eigenvalue weighted by molar-refractivity contribution is 5.74. The van der Waals surface area contributed by atoms with Crippen LogP contribution in [0.4, 0.5) is 4.79 Å². The summed E-state index contributed by atoms with van der Waals surface area (Å²) in [6.07, 6.45) is 4.09. The molecule has 14 heavy (non-hydrogen) atoms. The largest absolute Gasteiger partial charge is 0.335 e. The van der Waals surface area contributed by atoms with Crippen LogP contribution in [0, 0.1) is 0 Å². The summed E-state index contributed by atoms with van der Waals surface area (Å²) < 4.78 is 0. The molecule has 0 bridgehead atoms. The SMILES string of the molecule is CCN(C)C(=O)NC1CCC(N)CC1. The van der Waals surface area contributed by atoms with E-state index in [1.165, 1.54) is 0 Å². The van der Waals surface area contributed by atoms with Gasteiger partial charge in [0.25, 0.3) is 0 Å². The van der Waals surface area contributed by atoms with Crippen molar-refractivity contribution in [3.63, 3.8) is 0 Å². The smallest absolute Gasteiger partial charge is 0.317 e. The summed E-state index contributed by atoms with van der Waals surface area (Å²) in [5.41, 5.74) is 5.79. The Bertz CT molecular complexity index is 188. The van der Waals surface area contributed by atoms with Crippen LogP contribution in [0.15, 0.2) is 0 Å². The zero-order valence-electron chi connectivity index (χ0n) is 9.12. The molecular formula is C10H21N3O. The second-order valence-electron chi connectivity index (χ2n) is 4.08. The third kappa shape index (κ3) is 3.18. The fraction of sp³-hybridized carbons (Fsp3) is 0.900. The Kier molecular flexibility index (Phi) is 4.20. The van der Waals surface area contributed by atoms with Crippen molar-refractivity contribution < 1.29 is 4.79 Å². The lowest BCUT2D eigenvalue weighted by Crippen LogP contribution is -2.45. The number of carbonyl (C=O) groups is 1. The van der Waals surface area contributed by atoms with Gasteiger partial charge in [0, 0.05) is 25.7 Å². The molecule has 0 atom stereocenters. The van der Waals surface area contributed by atoms with E-state index in [0.29, 0.717) is 12.1 Å². The molecule has 1 aliphatic rings. The van der Waals surface area contributed by atoms with Crippen molar-refractivity contribution in [1.82, 2.24) is 10.2 Å². The van der Waals surface area contributed by atoms with E-state index in [0.717, 1.165) is 32.2 Å². The fourth-order valence-electron chi connectivity index (χ4n) is 1.69. The number of nitrogens with one attached hydrogen (secondary N) is 1. The lowest BCUT2D eigenvalue weighted by Gasteiger charge is -2.28. The van der Waals surface area contributed by atoms with Crippen LogP contribution in [0.25, 0.3) is 0 Å². The Morgan fingerprint density at radius 3 is 2.50 bits per heavy atom. The van der Waals surface area contributed by atoms with Crippen molar-refractivity contribution in [1.29, 1.82) is 0 Å². The Morgan fingerprint density at radius 2 is 2.00 bits per heavy atom. The molecule has 82 valence electrons. The maximum absolute atomic E-state index is 11.5. The van der Waals surface area contributed by atoms with Crippen LogP contribution in [0.1, 0.15) is 32.6 Å². The second-order valence-corrected chi connectivity index (χ2v) is 4.08. The van der Waals surface area contributed by atoms with Crippen LogP contribution in [0.3, 0.4) is 0 Å². The Labute approximate surface area is 85.8 Å². The number of nitrogens with two attached hydrogens (primary N) is 1. The summed E-state index contributed by atoms with van der Waals surface area (Å²) in [4.78, 5) is 13.2. The zero-order valence-corrected chi connectivity index (χ0v) is 9.12. The van der Waals surface area contributed by atoms with Crippen molar-refractivity contribution in [2.45, 2.75) is 44.7 Å². The molecule has 1 rings (SSSR count). The average Bonchev–Trinajstić information content (AvgIpc) is 2.20. The molecule has 1 fully saturated rings. The van der Waals surface area contributed by atoms with Gasteiger partial charge in [0.15, 0.2) is 0 Å². The molecule has 0 aromatic rings. The number of amides is 2. The van der Waals surface area contributed by atoms with Crippen LogP contribution in [-0.4, -0.2) is 36.6 Å². The molecule has 0 aromatic heterocycles. The van der Waals surface area contributed by atoms with Gasteiger partial charge < -0.3 is 16.0 Å². The van der Waals surface area contributed by atoms with Crippen molar-refractivity contribution >= 4 is 6.03 Å². The van der Waals surface area contributed by atoms with Crippen LogP contribution < -0.4 is 11.1 Å². The standard InChI is InChI=1S/C10H21N3O/c1-3-13(2)10(14)12-9-6-4-8(11)5-7-9/h8-9H,3-7,11H2,1-2H3,(H,12,14). The maximum atomic E-state index is 11.5. The Hall–Kier alpha value is -0.770. The molecule has 4 nitrogen and oxygen atoms in total. The molecule has 4 heteroatoms. The summed E-state index contributed by atoms with van der Waals surface area (Å²) in [6, 6.07) is 0.705. The van der Waals surface area contributed by atoms with Gasteiger partial charge in [-0.2, -0.15) is 0 Å². The summed E-state index contributed by atoms with van der Waals surface area (Å²) in [7, 11) is 1.81. The van der Waals surface area contributed by atoms with E-state index in [2.05, 4.69) is 5.32 Å². The normalized spacial score (nSPS) is 27.1. The third-order valence-corrected chi connectivity index (χ3v) is 2.92. The van der Waals surface area contributed by atoms with E-state index in [9.17, 15) is 4.79 Å². The lowest BCUT2D eigenvalue weighted by molar-refractivity contribution is 0.201. The summed E-state index contributed by atoms with van der Waals surface area (Å²) in [6.45, 7) is 2.72. The highest BCUT2D eigenvalue weighted by atomic mass is 16.2. The van der Waals surface area contributed by atoms with Gasteiger partial charge in [-0.05, 0) is 32.6 Å². The molecule has 3 N–H and O–H groups in total. The minimum atomic E-state index is 0.0352. The van der Waals surface area contributed by atoms with Crippen LogP contribution >= 0.6 is 0 Å². The van der Waals surface area contributed by atoms with Crippen molar-refractivity contribution in [3.05, 3.63) is 0 Å². The first kappa shape index (κ1) is 11.3. The number of rotatable bonds is 2. The molecule has 1 aliphatic carbocycles. The zero-order chi connectivity index (χ0) is 10.6. The second kappa shape index (κ2) is 5.20. The minimum Gasteiger partial charge on any atom is -0.335 e. The molecule has 0 saturated heterocycles. The predicted molar refractivity (Wildman–Crippen MR) is 57.1 cm³/mol.